The first-order valence-electron chi connectivity index (χ1n) is 5.85. The lowest BCUT2D eigenvalue weighted by molar-refractivity contribution is -0.116. The van der Waals surface area contributed by atoms with Crippen LogP contribution in [0.15, 0.2) is 30.9 Å². The second kappa shape index (κ2) is 6.31. The van der Waals surface area contributed by atoms with Gasteiger partial charge in [0.2, 0.25) is 5.91 Å². The van der Waals surface area contributed by atoms with E-state index in [0.717, 1.165) is 0 Å². The van der Waals surface area contributed by atoms with Crippen molar-refractivity contribution in [1.29, 1.82) is 0 Å². The Balaban J connectivity index is 2.23. The van der Waals surface area contributed by atoms with E-state index in [1.165, 1.54) is 6.33 Å². The van der Waals surface area contributed by atoms with Crippen LogP contribution in [0, 0.1) is 0 Å². The van der Waals surface area contributed by atoms with Gasteiger partial charge in [-0.15, -0.1) is 0 Å². The third-order valence-electron chi connectivity index (χ3n) is 2.51. The number of nitrogens with one attached hydrogen (secondary N) is 1. The number of rotatable bonds is 5. The topological polar surface area (TPSA) is 85.8 Å². The summed E-state index contributed by atoms with van der Waals surface area (Å²) in [7, 11) is 0. The number of aromatic nitrogens is 3. The molecular formula is C12H14ClN5O. The fourth-order valence-electron chi connectivity index (χ4n) is 1.62. The zero-order chi connectivity index (χ0) is 13.7. The highest BCUT2D eigenvalue weighted by molar-refractivity contribution is 6.31. The number of anilines is 1. The fraction of sp³-hybridized carbons (Fsp3) is 0.250. The molecular weight excluding hydrogens is 266 g/mol. The molecule has 0 aliphatic carbocycles. The Morgan fingerprint density at radius 3 is 3.00 bits per heavy atom. The lowest BCUT2D eigenvalue weighted by atomic mass is 10.2. The minimum atomic E-state index is -0.103. The molecule has 0 aliphatic rings. The van der Waals surface area contributed by atoms with Crippen molar-refractivity contribution in [2.45, 2.75) is 12.8 Å². The zero-order valence-corrected chi connectivity index (χ0v) is 11.0. The van der Waals surface area contributed by atoms with Crippen LogP contribution < -0.4 is 11.1 Å². The average Bonchev–Trinajstić information content (AvgIpc) is 2.90. The number of hydrogen-bond donors (Lipinski definition) is 2. The highest BCUT2D eigenvalue weighted by atomic mass is 35.5. The summed E-state index contributed by atoms with van der Waals surface area (Å²) in [5.74, 6) is -0.103. The highest BCUT2D eigenvalue weighted by Crippen LogP contribution is 2.24. The van der Waals surface area contributed by atoms with E-state index in [0.29, 0.717) is 35.8 Å². The first-order chi connectivity index (χ1) is 9.20. The van der Waals surface area contributed by atoms with Crippen molar-refractivity contribution in [1.82, 2.24) is 14.8 Å². The second-order valence-electron chi connectivity index (χ2n) is 3.94. The predicted molar refractivity (Wildman–Crippen MR) is 73.3 cm³/mol. The van der Waals surface area contributed by atoms with Crippen LogP contribution in [0.5, 0.6) is 0 Å². The van der Waals surface area contributed by atoms with Gasteiger partial charge in [0, 0.05) is 11.4 Å². The van der Waals surface area contributed by atoms with Crippen LogP contribution >= 0.6 is 11.6 Å². The molecule has 0 saturated carbocycles. The molecule has 1 aromatic heterocycles. The van der Waals surface area contributed by atoms with Crippen molar-refractivity contribution in [2.24, 2.45) is 5.73 Å². The minimum absolute atomic E-state index is 0.103. The van der Waals surface area contributed by atoms with E-state index in [1.54, 1.807) is 29.2 Å². The molecule has 0 spiro atoms. The fourth-order valence-corrected chi connectivity index (χ4v) is 1.79. The molecule has 0 saturated heterocycles. The van der Waals surface area contributed by atoms with Crippen LogP contribution in [0.2, 0.25) is 5.02 Å². The standard InChI is InChI=1S/C12H14ClN5O/c13-9-3-4-11(18-8-15-7-16-18)10(6-9)17-12(19)2-1-5-14/h3-4,6-8H,1-2,5,14H2,(H,17,19). The maximum absolute atomic E-state index is 11.7. The Bertz CT molecular complexity index is 555. The van der Waals surface area contributed by atoms with Crippen molar-refractivity contribution in [3.63, 3.8) is 0 Å². The number of carbonyl (C=O) groups excluding carboxylic acids is 1. The van der Waals surface area contributed by atoms with Gasteiger partial charge in [0.25, 0.3) is 0 Å². The normalized spacial score (nSPS) is 10.4. The number of amides is 1. The summed E-state index contributed by atoms with van der Waals surface area (Å²) < 4.78 is 1.56. The monoisotopic (exact) mass is 279 g/mol. The first kappa shape index (κ1) is 13.5. The van der Waals surface area contributed by atoms with E-state index >= 15 is 0 Å². The Morgan fingerprint density at radius 1 is 1.47 bits per heavy atom. The molecule has 3 N–H and O–H groups in total. The van der Waals surface area contributed by atoms with Gasteiger partial charge in [-0.25, -0.2) is 9.67 Å². The number of hydrogen-bond acceptors (Lipinski definition) is 4. The van der Waals surface area contributed by atoms with E-state index < -0.39 is 0 Å². The van der Waals surface area contributed by atoms with Crippen LogP contribution in [-0.2, 0) is 4.79 Å². The largest absolute Gasteiger partial charge is 0.330 e. The molecule has 6 nitrogen and oxygen atoms in total. The Labute approximate surface area is 115 Å². The molecule has 0 aliphatic heterocycles. The minimum Gasteiger partial charge on any atom is -0.330 e. The number of nitrogens with two attached hydrogens (primary N) is 1. The third-order valence-corrected chi connectivity index (χ3v) is 2.74. The van der Waals surface area contributed by atoms with Gasteiger partial charge in [-0.05, 0) is 31.2 Å². The van der Waals surface area contributed by atoms with Crippen LogP contribution in [0.25, 0.3) is 5.69 Å². The number of benzene rings is 1. The Kier molecular flexibility index (Phi) is 4.48. The zero-order valence-electron chi connectivity index (χ0n) is 10.2. The Hall–Kier alpha value is -1.92. The molecule has 0 radical (unpaired) electrons. The van der Waals surface area contributed by atoms with E-state index in [1.807, 2.05) is 0 Å². The molecule has 7 heteroatoms. The second-order valence-corrected chi connectivity index (χ2v) is 4.38. The molecule has 1 heterocycles. The molecule has 0 atom stereocenters. The number of nitrogens with zero attached hydrogens (tertiary/aromatic N) is 3. The molecule has 2 aromatic rings. The summed E-state index contributed by atoms with van der Waals surface area (Å²) in [6.45, 7) is 0.485. The lowest BCUT2D eigenvalue weighted by Crippen LogP contribution is -2.15. The van der Waals surface area contributed by atoms with Crippen LogP contribution in [0.4, 0.5) is 5.69 Å². The van der Waals surface area contributed by atoms with Gasteiger partial charge in [-0.1, -0.05) is 11.6 Å². The van der Waals surface area contributed by atoms with E-state index in [9.17, 15) is 4.79 Å². The summed E-state index contributed by atoms with van der Waals surface area (Å²) >= 11 is 5.95. The molecule has 2 rings (SSSR count). The van der Waals surface area contributed by atoms with Crippen LogP contribution in [0.3, 0.4) is 0 Å². The molecule has 1 aromatic carbocycles. The number of carbonyl (C=O) groups is 1. The summed E-state index contributed by atoms with van der Waals surface area (Å²) in [5, 5.41) is 7.38. The van der Waals surface area contributed by atoms with E-state index in [2.05, 4.69) is 15.4 Å². The van der Waals surface area contributed by atoms with E-state index in [-0.39, 0.29) is 5.91 Å². The van der Waals surface area contributed by atoms with Crippen LogP contribution in [0.1, 0.15) is 12.8 Å². The van der Waals surface area contributed by atoms with Crippen molar-refractivity contribution >= 4 is 23.2 Å². The van der Waals surface area contributed by atoms with Gasteiger partial charge in [-0.2, -0.15) is 5.10 Å². The summed E-state index contributed by atoms with van der Waals surface area (Å²) in [6.07, 6.45) is 4.00. The maximum atomic E-state index is 11.7. The Morgan fingerprint density at radius 2 is 2.32 bits per heavy atom. The first-order valence-corrected chi connectivity index (χ1v) is 6.23. The molecule has 19 heavy (non-hydrogen) atoms. The van der Waals surface area contributed by atoms with Crippen molar-refractivity contribution in [2.75, 3.05) is 11.9 Å². The highest BCUT2D eigenvalue weighted by Gasteiger charge is 2.09. The molecule has 0 bridgehead atoms. The van der Waals surface area contributed by atoms with Gasteiger partial charge >= 0.3 is 0 Å². The predicted octanol–water partition coefficient (Wildman–Crippen LogP) is 1.60. The molecule has 0 unspecified atom stereocenters. The van der Waals surface area contributed by atoms with E-state index in [4.69, 9.17) is 17.3 Å². The van der Waals surface area contributed by atoms with Gasteiger partial charge in [0.1, 0.15) is 12.7 Å². The van der Waals surface area contributed by atoms with Crippen molar-refractivity contribution < 1.29 is 4.79 Å². The van der Waals surface area contributed by atoms with Gasteiger partial charge in [0.05, 0.1) is 11.4 Å². The lowest BCUT2D eigenvalue weighted by Gasteiger charge is -2.11. The van der Waals surface area contributed by atoms with Gasteiger partial charge < -0.3 is 11.1 Å². The molecule has 100 valence electrons. The number of halogens is 1. The maximum Gasteiger partial charge on any atom is 0.224 e. The van der Waals surface area contributed by atoms with Gasteiger partial charge in [-0.3, -0.25) is 4.79 Å². The quantitative estimate of drug-likeness (QED) is 0.870. The summed E-state index contributed by atoms with van der Waals surface area (Å²) in [6, 6.07) is 5.18. The SMILES string of the molecule is NCCCC(=O)Nc1cc(Cl)ccc1-n1cncn1. The van der Waals surface area contributed by atoms with Crippen molar-refractivity contribution in [3.8, 4) is 5.69 Å². The molecule has 1 amide bonds. The molecule has 0 fully saturated rings. The van der Waals surface area contributed by atoms with Gasteiger partial charge in [0.15, 0.2) is 0 Å². The van der Waals surface area contributed by atoms with Crippen molar-refractivity contribution in [3.05, 3.63) is 35.9 Å². The average molecular weight is 280 g/mol. The smallest absolute Gasteiger partial charge is 0.224 e. The third kappa shape index (κ3) is 3.52. The summed E-state index contributed by atoms with van der Waals surface area (Å²) in [4.78, 5) is 15.6. The summed E-state index contributed by atoms with van der Waals surface area (Å²) in [5.41, 5.74) is 6.69. The van der Waals surface area contributed by atoms with Crippen LogP contribution in [-0.4, -0.2) is 27.2 Å².